The minimum atomic E-state index is -0.128. The highest BCUT2D eigenvalue weighted by Crippen LogP contribution is 2.24. The highest BCUT2D eigenvalue weighted by Gasteiger charge is 2.26. The van der Waals surface area contributed by atoms with E-state index in [1.54, 1.807) is 11.3 Å². The van der Waals surface area contributed by atoms with Crippen LogP contribution >= 0.6 is 27.3 Å². The molecule has 0 bridgehead atoms. The molecule has 25 heavy (non-hydrogen) atoms. The summed E-state index contributed by atoms with van der Waals surface area (Å²) in [5.41, 5.74) is 3.38. The number of carbonyl (C=O) groups excluding carboxylic acids is 1. The maximum Gasteiger partial charge on any atom is 0.241 e. The second-order valence-electron chi connectivity index (χ2n) is 6.59. The van der Waals surface area contributed by atoms with Crippen molar-refractivity contribution < 1.29 is 4.79 Å². The summed E-state index contributed by atoms with van der Waals surface area (Å²) in [4.78, 5) is 17.3. The number of thiophene rings is 1. The summed E-state index contributed by atoms with van der Waals surface area (Å²) in [5.74, 6) is 0.0517. The second-order valence-corrected chi connectivity index (χ2v) is 8.23. The summed E-state index contributed by atoms with van der Waals surface area (Å²) < 4.78 is 0.925. The van der Waals surface area contributed by atoms with Gasteiger partial charge in [-0.3, -0.25) is 14.6 Å². The van der Waals surface area contributed by atoms with E-state index >= 15 is 0 Å². The number of rotatable bonds is 5. The zero-order valence-electron chi connectivity index (χ0n) is 14.7. The molecule has 1 atom stereocenters. The van der Waals surface area contributed by atoms with Crippen molar-refractivity contribution in [3.63, 3.8) is 0 Å². The van der Waals surface area contributed by atoms with Gasteiger partial charge in [0, 0.05) is 37.2 Å². The smallest absolute Gasteiger partial charge is 0.241 e. The van der Waals surface area contributed by atoms with Crippen LogP contribution in [0.3, 0.4) is 0 Å². The average Bonchev–Trinajstić information content (AvgIpc) is 3.10. The van der Waals surface area contributed by atoms with Gasteiger partial charge in [-0.1, -0.05) is 6.07 Å². The van der Waals surface area contributed by atoms with E-state index in [1.807, 2.05) is 32.0 Å². The van der Waals surface area contributed by atoms with Gasteiger partial charge < -0.3 is 5.32 Å². The first-order valence-electron chi connectivity index (χ1n) is 8.57. The highest BCUT2D eigenvalue weighted by atomic mass is 79.9. The van der Waals surface area contributed by atoms with Crippen LogP contribution in [-0.2, 0) is 11.3 Å². The van der Waals surface area contributed by atoms with Crippen molar-refractivity contribution in [1.29, 1.82) is 0 Å². The van der Waals surface area contributed by atoms with Gasteiger partial charge in [0.2, 0.25) is 5.91 Å². The first kappa shape index (κ1) is 18.6. The number of anilines is 1. The fourth-order valence-electron chi connectivity index (χ4n) is 3.07. The predicted octanol–water partition coefficient (Wildman–Crippen LogP) is 3.96. The number of benzene rings is 1. The van der Waals surface area contributed by atoms with E-state index in [1.165, 1.54) is 11.1 Å². The molecule has 1 aliphatic heterocycles. The highest BCUT2D eigenvalue weighted by molar-refractivity contribution is 9.10. The Labute approximate surface area is 162 Å². The van der Waals surface area contributed by atoms with E-state index in [0.717, 1.165) is 42.9 Å². The summed E-state index contributed by atoms with van der Waals surface area (Å²) >= 11 is 5.27. The third kappa shape index (κ3) is 4.91. The van der Waals surface area contributed by atoms with Gasteiger partial charge in [-0.25, -0.2) is 0 Å². The van der Waals surface area contributed by atoms with Gasteiger partial charge in [0.25, 0.3) is 0 Å². The number of nitrogens with zero attached hydrogens (tertiary/aromatic N) is 2. The number of carbonyl (C=O) groups is 1. The van der Waals surface area contributed by atoms with Crippen LogP contribution in [-0.4, -0.2) is 47.9 Å². The summed E-state index contributed by atoms with van der Waals surface area (Å²) in [6, 6.07) is 8.03. The molecule has 1 saturated heterocycles. The number of hydrogen-bond acceptors (Lipinski definition) is 4. The molecule has 0 spiro atoms. The molecule has 2 heterocycles. The molecule has 1 aromatic carbocycles. The Morgan fingerprint density at radius 2 is 2.04 bits per heavy atom. The van der Waals surface area contributed by atoms with Crippen molar-refractivity contribution in [3.8, 4) is 0 Å². The molecule has 1 aliphatic rings. The number of halogens is 1. The normalized spacial score (nSPS) is 17.4. The molecule has 1 unspecified atom stereocenters. The van der Waals surface area contributed by atoms with Crippen molar-refractivity contribution >= 4 is 38.9 Å². The molecule has 1 amide bonds. The fraction of sp³-hybridized carbons (Fsp3) is 0.421. The molecule has 1 N–H and O–H groups in total. The van der Waals surface area contributed by atoms with E-state index < -0.39 is 0 Å². The van der Waals surface area contributed by atoms with Gasteiger partial charge in [-0.05, 0) is 69.9 Å². The Morgan fingerprint density at radius 3 is 2.68 bits per heavy atom. The van der Waals surface area contributed by atoms with Gasteiger partial charge in [0.05, 0.1) is 11.7 Å². The standard InChI is InChI=1S/C19H24BrN3OS/c1-14-3-4-18(17(20)11-14)21-19(24)15(2)23-8-6-22(7-9-23)12-16-5-10-25-13-16/h3-5,10-11,13,15H,6-9,12H2,1-2H3,(H,21,24). The number of piperazine rings is 1. The lowest BCUT2D eigenvalue weighted by molar-refractivity contribution is -0.121. The molecule has 4 nitrogen and oxygen atoms in total. The minimum absolute atomic E-state index is 0.0517. The van der Waals surface area contributed by atoms with Crippen molar-refractivity contribution in [3.05, 3.63) is 50.6 Å². The Bertz CT molecular complexity index is 711. The number of nitrogens with one attached hydrogen (secondary N) is 1. The van der Waals surface area contributed by atoms with Crippen LogP contribution in [0.15, 0.2) is 39.5 Å². The molecule has 1 aromatic heterocycles. The van der Waals surface area contributed by atoms with Crippen LogP contribution < -0.4 is 5.32 Å². The van der Waals surface area contributed by atoms with Gasteiger partial charge in [0.1, 0.15) is 0 Å². The Kier molecular flexibility index (Phi) is 6.28. The van der Waals surface area contributed by atoms with Crippen LogP contribution in [0.25, 0.3) is 0 Å². The zero-order chi connectivity index (χ0) is 17.8. The lowest BCUT2D eigenvalue weighted by atomic mass is 10.2. The maximum absolute atomic E-state index is 12.6. The van der Waals surface area contributed by atoms with Crippen LogP contribution in [0.1, 0.15) is 18.1 Å². The summed E-state index contributed by atoms with van der Waals surface area (Å²) in [7, 11) is 0. The largest absolute Gasteiger partial charge is 0.324 e. The van der Waals surface area contributed by atoms with E-state index in [4.69, 9.17) is 0 Å². The first-order valence-corrected chi connectivity index (χ1v) is 10.3. The topological polar surface area (TPSA) is 35.6 Å². The first-order chi connectivity index (χ1) is 12.0. The number of aryl methyl sites for hydroxylation is 1. The number of hydrogen-bond donors (Lipinski definition) is 1. The molecule has 0 radical (unpaired) electrons. The molecule has 1 fully saturated rings. The molecule has 0 aliphatic carbocycles. The van der Waals surface area contributed by atoms with Gasteiger partial charge >= 0.3 is 0 Å². The summed E-state index contributed by atoms with van der Waals surface area (Å²) in [6.45, 7) is 8.89. The molecular weight excluding hydrogens is 398 g/mol. The fourth-order valence-corrected chi connectivity index (χ4v) is 4.33. The zero-order valence-corrected chi connectivity index (χ0v) is 17.1. The monoisotopic (exact) mass is 421 g/mol. The van der Waals surface area contributed by atoms with Crippen LogP contribution in [0.2, 0.25) is 0 Å². The van der Waals surface area contributed by atoms with Crippen molar-refractivity contribution in [2.75, 3.05) is 31.5 Å². The van der Waals surface area contributed by atoms with Gasteiger partial charge in [0.15, 0.2) is 0 Å². The van der Waals surface area contributed by atoms with E-state index in [0.29, 0.717) is 0 Å². The van der Waals surface area contributed by atoms with Gasteiger partial charge in [-0.2, -0.15) is 11.3 Å². The Hall–Kier alpha value is -1.21. The van der Waals surface area contributed by atoms with Gasteiger partial charge in [-0.15, -0.1) is 0 Å². The maximum atomic E-state index is 12.6. The SMILES string of the molecule is Cc1ccc(NC(=O)C(C)N2CCN(Cc3ccsc3)CC2)c(Br)c1. The second kappa shape index (κ2) is 8.45. The molecule has 2 aromatic rings. The third-order valence-corrected chi connectivity index (χ3v) is 6.09. The van der Waals surface area contributed by atoms with Crippen LogP contribution in [0.4, 0.5) is 5.69 Å². The van der Waals surface area contributed by atoms with E-state index in [-0.39, 0.29) is 11.9 Å². The number of amides is 1. The quantitative estimate of drug-likeness (QED) is 0.792. The Morgan fingerprint density at radius 1 is 1.28 bits per heavy atom. The molecule has 0 saturated carbocycles. The summed E-state index contributed by atoms with van der Waals surface area (Å²) in [5, 5.41) is 7.38. The van der Waals surface area contributed by atoms with E-state index in [2.05, 4.69) is 47.9 Å². The molecule has 6 heteroatoms. The Balaban J connectivity index is 1.51. The van der Waals surface area contributed by atoms with Crippen molar-refractivity contribution in [2.24, 2.45) is 0 Å². The predicted molar refractivity (Wildman–Crippen MR) is 108 cm³/mol. The third-order valence-electron chi connectivity index (χ3n) is 4.70. The van der Waals surface area contributed by atoms with Crippen LogP contribution in [0, 0.1) is 6.92 Å². The average molecular weight is 422 g/mol. The lowest BCUT2D eigenvalue weighted by Crippen LogP contribution is -2.52. The minimum Gasteiger partial charge on any atom is -0.324 e. The molecule has 3 rings (SSSR count). The lowest BCUT2D eigenvalue weighted by Gasteiger charge is -2.37. The van der Waals surface area contributed by atoms with Crippen molar-refractivity contribution in [1.82, 2.24) is 9.80 Å². The van der Waals surface area contributed by atoms with E-state index in [9.17, 15) is 4.79 Å². The molecule has 134 valence electrons. The van der Waals surface area contributed by atoms with Crippen molar-refractivity contribution in [2.45, 2.75) is 26.4 Å². The van der Waals surface area contributed by atoms with Crippen LogP contribution in [0.5, 0.6) is 0 Å². The summed E-state index contributed by atoms with van der Waals surface area (Å²) in [6.07, 6.45) is 0. The molecular formula is C19H24BrN3OS.